The molecule has 3 rings (SSSR count). The van der Waals surface area contributed by atoms with Gasteiger partial charge in [-0.1, -0.05) is 0 Å². The predicted octanol–water partition coefficient (Wildman–Crippen LogP) is 1.39. The first kappa shape index (κ1) is 10.7. The van der Waals surface area contributed by atoms with Gasteiger partial charge in [-0.15, -0.1) is 0 Å². The Hall–Kier alpha value is -1.40. The molecule has 0 radical (unpaired) electrons. The molecule has 2 aromatic rings. The van der Waals surface area contributed by atoms with Crippen LogP contribution in [0.15, 0.2) is 29.3 Å². The van der Waals surface area contributed by atoms with E-state index in [9.17, 15) is 8.42 Å². The van der Waals surface area contributed by atoms with E-state index in [4.69, 9.17) is 0 Å². The largest absolute Gasteiger partial charge is 0.278 e. The molecule has 1 aliphatic rings. The van der Waals surface area contributed by atoms with Crippen LogP contribution in [0.2, 0.25) is 0 Å². The lowest BCUT2D eigenvalue weighted by molar-refractivity contribution is 0.558. The summed E-state index contributed by atoms with van der Waals surface area (Å²) in [5, 5.41) is 7.54. The fourth-order valence-electron chi connectivity index (χ4n) is 1.76. The molecule has 90 valence electrons. The monoisotopic (exact) mass is 251 g/mol. The molecule has 5 nitrogen and oxygen atoms in total. The second kappa shape index (κ2) is 3.30. The van der Waals surface area contributed by atoms with Crippen molar-refractivity contribution < 1.29 is 8.42 Å². The number of benzene rings is 1. The van der Waals surface area contributed by atoms with E-state index in [2.05, 4.69) is 14.9 Å². The van der Waals surface area contributed by atoms with E-state index in [-0.39, 0.29) is 10.4 Å². The molecule has 0 unspecified atom stereocenters. The Balaban J connectivity index is 2.01. The third kappa shape index (κ3) is 1.94. The van der Waals surface area contributed by atoms with Crippen LogP contribution in [-0.2, 0) is 10.0 Å². The Bertz CT molecular complexity index is 671. The average Bonchev–Trinajstić information content (AvgIpc) is 2.81. The summed E-state index contributed by atoms with van der Waals surface area (Å²) < 4.78 is 26.9. The van der Waals surface area contributed by atoms with Gasteiger partial charge in [-0.25, -0.2) is 13.1 Å². The molecule has 0 bridgehead atoms. The second-order valence-corrected chi connectivity index (χ2v) is 6.47. The van der Waals surface area contributed by atoms with Crippen molar-refractivity contribution in [2.75, 3.05) is 0 Å². The summed E-state index contributed by atoms with van der Waals surface area (Å²) in [6, 6.07) is 4.96. The zero-order valence-electron chi connectivity index (χ0n) is 9.40. The van der Waals surface area contributed by atoms with Gasteiger partial charge in [-0.2, -0.15) is 5.10 Å². The van der Waals surface area contributed by atoms with Gasteiger partial charge in [0, 0.05) is 10.9 Å². The van der Waals surface area contributed by atoms with Gasteiger partial charge >= 0.3 is 0 Å². The number of hydrogen-bond donors (Lipinski definition) is 2. The molecule has 1 aromatic carbocycles. The first-order valence-electron chi connectivity index (χ1n) is 5.46. The van der Waals surface area contributed by atoms with Crippen molar-refractivity contribution in [3.05, 3.63) is 24.4 Å². The first-order valence-corrected chi connectivity index (χ1v) is 6.94. The maximum atomic E-state index is 12.1. The number of hydrogen-bond acceptors (Lipinski definition) is 3. The minimum absolute atomic E-state index is 0.248. The normalized spacial score (nSPS) is 18.4. The van der Waals surface area contributed by atoms with Gasteiger partial charge in [0.25, 0.3) is 0 Å². The van der Waals surface area contributed by atoms with Crippen LogP contribution in [0, 0.1) is 0 Å². The SMILES string of the molecule is CC1(NS(=O)(=O)c2ccc3cn[nH]c3c2)CC1. The third-order valence-corrected chi connectivity index (χ3v) is 4.74. The Morgan fingerprint density at radius 3 is 2.88 bits per heavy atom. The first-order chi connectivity index (χ1) is 7.99. The summed E-state index contributed by atoms with van der Waals surface area (Å²) in [5.74, 6) is 0. The van der Waals surface area contributed by atoms with Gasteiger partial charge in [0.05, 0.1) is 16.6 Å². The number of fused-ring (bicyclic) bond motifs is 1. The lowest BCUT2D eigenvalue weighted by Crippen LogP contribution is -2.34. The number of nitrogens with zero attached hydrogens (tertiary/aromatic N) is 1. The standard InChI is InChI=1S/C11H13N3O2S/c1-11(4-5-11)14-17(15,16)9-3-2-8-7-12-13-10(8)6-9/h2-3,6-7,14H,4-5H2,1H3,(H,12,13). The van der Waals surface area contributed by atoms with Crippen LogP contribution >= 0.6 is 0 Å². The Labute approximate surface area is 99.3 Å². The zero-order valence-corrected chi connectivity index (χ0v) is 10.2. The number of nitrogens with one attached hydrogen (secondary N) is 2. The smallest absolute Gasteiger partial charge is 0.241 e. The molecule has 0 amide bonds. The quantitative estimate of drug-likeness (QED) is 0.865. The highest BCUT2D eigenvalue weighted by molar-refractivity contribution is 7.89. The molecule has 0 saturated heterocycles. The Morgan fingerprint density at radius 2 is 2.18 bits per heavy atom. The van der Waals surface area contributed by atoms with Crippen LogP contribution in [0.1, 0.15) is 19.8 Å². The molecule has 2 N–H and O–H groups in total. The van der Waals surface area contributed by atoms with Gasteiger partial charge in [0.2, 0.25) is 10.0 Å². The van der Waals surface area contributed by atoms with Crippen LogP contribution in [0.5, 0.6) is 0 Å². The Kier molecular flexibility index (Phi) is 2.08. The number of sulfonamides is 1. The highest BCUT2D eigenvalue weighted by Gasteiger charge is 2.41. The van der Waals surface area contributed by atoms with Gasteiger partial charge in [0.15, 0.2) is 0 Å². The highest BCUT2D eigenvalue weighted by atomic mass is 32.2. The molecular weight excluding hydrogens is 238 g/mol. The van der Waals surface area contributed by atoms with E-state index in [0.717, 1.165) is 23.7 Å². The molecule has 1 saturated carbocycles. The van der Waals surface area contributed by atoms with Crippen molar-refractivity contribution in [3.8, 4) is 0 Å². The van der Waals surface area contributed by atoms with Gasteiger partial charge in [-0.3, -0.25) is 5.10 Å². The summed E-state index contributed by atoms with van der Waals surface area (Å²) in [6.45, 7) is 1.92. The molecule has 1 fully saturated rings. The van der Waals surface area contributed by atoms with E-state index in [1.54, 1.807) is 24.4 Å². The lowest BCUT2D eigenvalue weighted by Gasteiger charge is -2.11. The van der Waals surface area contributed by atoms with E-state index in [0.29, 0.717) is 0 Å². The summed E-state index contributed by atoms with van der Waals surface area (Å²) >= 11 is 0. The molecular formula is C11H13N3O2S. The number of rotatable bonds is 3. The molecule has 1 aromatic heterocycles. The lowest BCUT2D eigenvalue weighted by atomic mass is 10.3. The van der Waals surface area contributed by atoms with Crippen LogP contribution < -0.4 is 4.72 Å². The molecule has 0 atom stereocenters. The number of aromatic amines is 1. The van der Waals surface area contributed by atoms with Crippen LogP contribution in [0.3, 0.4) is 0 Å². The minimum Gasteiger partial charge on any atom is -0.278 e. The topological polar surface area (TPSA) is 74.8 Å². The predicted molar refractivity (Wildman–Crippen MR) is 64.1 cm³/mol. The van der Waals surface area contributed by atoms with Crippen LogP contribution in [0.4, 0.5) is 0 Å². The average molecular weight is 251 g/mol. The second-order valence-electron chi connectivity index (χ2n) is 4.79. The van der Waals surface area contributed by atoms with Crippen LogP contribution in [-0.4, -0.2) is 24.2 Å². The molecule has 0 spiro atoms. The number of aromatic nitrogens is 2. The van der Waals surface area contributed by atoms with Crippen molar-refractivity contribution in [1.29, 1.82) is 0 Å². The third-order valence-electron chi connectivity index (χ3n) is 3.10. The van der Waals surface area contributed by atoms with Crippen molar-refractivity contribution in [3.63, 3.8) is 0 Å². The summed E-state index contributed by atoms with van der Waals surface area (Å²) in [5.41, 5.74) is 0.482. The van der Waals surface area contributed by atoms with Crippen molar-refractivity contribution in [2.24, 2.45) is 0 Å². The highest BCUT2D eigenvalue weighted by Crippen LogP contribution is 2.36. The maximum absolute atomic E-state index is 12.1. The minimum atomic E-state index is -3.42. The summed E-state index contributed by atoms with van der Waals surface area (Å²) in [4.78, 5) is 0.280. The molecule has 1 heterocycles. The summed E-state index contributed by atoms with van der Waals surface area (Å²) in [6.07, 6.45) is 3.47. The van der Waals surface area contributed by atoms with Crippen molar-refractivity contribution in [1.82, 2.24) is 14.9 Å². The van der Waals surface area contributed by atoms with Crippen molar-refractivity contribution >= 4 is 20.9 Å². The van der Waals surface area contributed by atoms with E-state index < -0.39 is 10.0 Å². The number of H-pyrrole nitrogens is 1. The van der Waals surface area contributed by atoms with E-state index in [1.165, 1.54) is 0 Å². The van der Waals surface area contributed by atoms with Crippen molar-refractivity contribution in [2.45, 2.75) is 30.2 Å². The molecule has 6 heteroatoms. The zero-order chi connectivity index (χ0) is 12.1. The van der Waals surface area contributed by atoms with Gasteiger partial charge < -0.3 is 0 Å². The fourth-order valence-corrected chi connectivity index (χ4v) is 3.25. The van der Waals surface area contributed by atoms with Gasteiger partial charge in [0.1, 0.15) is 0 Å². The van der Waals surface area contributed by atoms with Crippen LogP contribution in [0.25, 0.3) is 10.9 Å². The van der Waals surface area contributed by atoms with E-state index >= 15 is 0 Å². The maximum Gasteiger partial charge on any atom is 0.241 e. The van der Waals surface area contributed by atoms with E-state index in [1.807, 2.05) is 6.92 Å². The molecule has 1 aliphatic carbocycles. The van der Waals surface area contributed by atoms with Gasteiger partial charge in [-0.05, 0) is 38.0 Å². The summed E-state index contributed by atoms with van der Waals surface area (Å²) in [7, 11) is -3.42. The molecule has 17 heavy (non-hydrogen) atoms. The fraction of sp³-hybridized carbons (Fsp3) is 0.364. The Morgan fingerprint density at radius 1 is 1.41 bits per heavy atom. The molecule has 0 aliphatic heterocycles.